The Morgan fingerprint density at radius 1 is 0.903 bits per heavy atom. The number of imide groups is 1. The molecule has 2 aromatic rings. The Labute approximate surface area is 181 Å². The molecule has 1 aromatic carbocycles. The van der Waals surface area contributed by atoms with Gasteiger partial charge in [-0.3, -0.25) is 24.3 Å². The number of hydrogen-bond donors (Lipinski definition) is 1. The van der Waals surface area contributed by atoms with Crippen LogP contribution in [0.5, 0.6) is 0 Å². The number of para-hydroxylation sites is 1. The summed E-state index contributed by atoms with van der Waals surface area (Å²) in [4.78, 5) is 45.1. The standard InChI is InChI=1S/C25H27N3O3/c29-23(27-19-5-1-3-14-4-2-12-26-22(14)19)15-8-10-18(11-9-15)28-24(30)20-16-6-7-17(13-16)21(20)25(28)31/h1-5,12,15-18,20-21H,6-11,13H2,(H,27,29)/t15?,16-,17+,18?,20-,21+. The molecule has 6 heteroatoms. The van der Waals surface area contributed by atoms with E-state index in [0.717, 1.165) is 48.7 Å². The summed E-state index contributed by atoms with van der Waals surface area (Å²) in [6.45, 7) is 0. The van der Waals surface area contributed by atoms with Gasteiger partial charge in [-0.05, 0) is 68.9 Å². The van der Waals surface area contributed by atoms with Crippen LogP contribution < -0.4 is 5.32 Å². The van der Waals surface area contributed by atoms with Gasteiger partial charge < -0.3 is 5.32 Å². The zero-order chi connectivity index (χ0) is 21.1. The first kappa shape index (κ1) is 19.0. The lowest BCUT2D eigenvalue weighted by atomic mass is 9.81. The van der Waals surface area contributed by atoms with E-state index in [1.54, 1.807) is 11.1 Å². The number of fused-ring (bicyclic) bond motifs is 6. The van der Waals surface area contributed by atoms with Crippen molar-refractivity contribution in [2.45, 2.75) is 51.0 Å². The number of amides is 3. The van der Waals surface area contributed by atoms with Crippen molar-refractivity contribution in [3.05, 3.63) is 36.5 Å². The van der Waals surface area contributed by atoms with E-state index >= 15 is 0 Å². The predicted octanol–water partition coefficient (Wildman–Crippen LogP) is 3.76. The highest BCUT2D eigenvalue weighted by atomic mass is 16.2. The van der Waals surface area contributed by atoms with Crippen molar-refractivity contribution in [2.24, 2.45) is 29.6 Å². The van der Waals surface area contributed by atoms with Crippen LogP contribution in [0.15, 0.2) is 36.5 Å². The molecule has 1 aliphatic heterocycles. The number of nitrogens with one attached hydrogen (secondary N) is 1. The Morgan fingerprint density at radius 2 is 1.58 bits per heavy atom. The molecule has 2 bridgehead atoms. The fourth-order valence-corrected chi connectivity index (χ4v) is 6.83. The van der Waals surface area contributed by atoms with Crippen molar-refractivity contribution in [1.29, 1.82) is 0 Å². The Morgan fingerprint density at radius 3 is 2.29 bits per heavy atom. The molecule has 0 unspecified atom stereocenters. The molecule has 2 heterocycles. The van der Waals surface area contributed by atoms with Gasteiger partial charge in [-0.25, -0.2) is 0 Å². The third-order valence-electron chi connectivity index (χ3n) is 8.28. The highest BCUT2D eigenvalue weighted by Crippen LogP contribution is 2.56. The molecule has 4 fully saturated rings. The van der Waals surface area contributed by atoms with Crippen molar-refractivity contribution < 1.29 is 14.4 Å². The first-order valence-corrected chi connectivity index (χ1v) is 11.6. The number of carbonyl (C=O) groups is 3. The second-order valence-electron chi connectivity index (χ2n) is 9.81. The van der Waals surface area contributed by atoms with Gasteiger partial charge in [-0.1, -0.05) is 18.2 Å². The predicted molar refractivity (Wildman–Crippen MR) is 116 cm³/mol. The minimum Gasteiger partial charge on any atom is -0.324 e. The van der Waals surface area contributed by atoms with E-state index in [-0.39, 0.29) is 41.5 Å². The Bertz CT molecular complexity index is 1040. The number of carbonyl (C=O) groups excluding carboxylic acids is 3. The van der Waals surface area contributed by atoms with Crippen LogP contribution in [-0.4, -0.2) is 33.6 Å². The number of hydrogen-bond acceptors (Lipinski definition) is 4. The quantitative estimate of drug-likeness (QED) is 0.771. The van der Waals surface area contributed by atoms with Gasteiger partial charge in [0.05, 0.1) is 23.0 Å². The molecule has 31 heavy (non-hydrogen) atoms. The molecule has 1 aromatic heterocycles. The number of benzene rings is 1. The monoisotopic (exact) mass is 417 g/mol. The smallest absolute Gasteiger partial charge is 0.233 e. The summed E-state index contributed by atoms with van der Waals surface area (Å²) in [6, 6.07) is 9.62. The molecule has 3 aliphatic carbocycles. The molecule has 160 valence electrons. The van der Waals surface area contributed by atoms with Crippen LogP contribution in [0.2, 0.25) is 0 Å². The minimum absolute atomic E-state index is 0.00518. The van der Waals surface area contributed by atoms with Crippen molar-refractivity contribution in [2.75, 3.05) is 5.32 Å². The molecule has 6 nitrogen and oxygen atoms in total. The van der Waals surface area contributed by atoms with E-state index in [2.05, 4.69) is 10.3 Å². The summed E-state index contributed by atoms with van der Waals surface area (Å²) in [7, 11) is 0. The first-order chi connectivity index (χ1) is 15.1. The number of likely N-dealkylation sites (tertiary alicyclic amines) is 1. The van der Waals surface area contributed by atoms with Crippen LogP contribution in [-0.2, 0) is 14.4 Å². The van der Waals surface area contributed by atoms with E-state index < -0.39 is 0 Å². The molecule has 1 N–H and O–H groups in total. The molecular weight excluding hydrogens is 390 g/mol. The van der Waals surface area contributed by atoms with Gasteiger partial charge in [0.1, 0.15) is 0 Å². The van der Waals surface area contributed by atoms with Crippen molar-refractivity contribution >= 4 is 34.3 Å². The number of rotatable bonds is 3. The third-order valence-corrected chi connectivity index (χ3v) is 8.28. The largest absolute Gasteiger partial charge is 0.324 e. The number of anilines is 1. The van der Waals surface area contributed by atoms with Crippen LogP contribution in [0.3, 0.4) is 0 Å². The van der Waals surface area contributed by atoms with Gasteiger partial charge in [-0.15, -0.1) is 0 Å². The molecule has 6 rings (SSSR count). The van der Waals surface area contributed by atoms with Gasteiger partial charge in [0, 0.05) is 23.5 Å². The van der Waals surface area contributed by atoms with Gasteiger partial charge in [0.15, 0.2) is 0 Å². The van der Waals surface area contributed by atoms with E-state index in [0.29, 0.717) is 24.7 Å². The Kier molecular flexibility index (Phi) is 4.37. The lowest BCUT2D eigenvalue weighted by molar-refractivity contribution is -0.144. The summed E-state index contributed by atoms with van der Waals surface area (Å²) < 4.78 is 0. The van der Waals surface area contributed by atoms with E-state index in [1.807, 2.05) is 30.3 Å². The average Bonchev–Trinajstić information content (AvgIpc) is 3.48. The molecule has 4 atom stereocenters. The zero-order valence-corrected chi connectivity index (χ0v) is 17.5. The Hall–Kier alpha value is -2.76. The number of pyridine rings is 1. The molecule has 3 amide bonds. The molecular formula is C25H27N3O3. The van der Waals surface area contributed by atoms with E-state index in [9.17, 15) is 14.4 Å². The molecule has 0 radical (unpaired) electrons. The topological polar surface area (TPSA) is 79.4 Å². The van der Waals surface area contributed by atoms with Gasteiger partial charge in [-0.2, -0.15) is 0 Å². The molecule has 0 spiro atoms. The SMILES string of the molecule is O=C(Nc1cccc2cccnc12)C1CCC(N2C(=O)[C@@H]3[C@@H]4CC[C@@H](C4)[C@@H]3C2=O)CC1. The molecule has 3 saturated carbocycles. The van der Waals surface area contributed by atoms with Crippen LogP contribution in [0.25, 0.3) is 10.9 Å². The maximum Gasteiger partial charge on any atom is 0.233 e. The molecule has 4 aliphatic rings. The second-order valence-corrected chi connectivity index (χ2v) is 9.81. The van der Waals surface area contributed by atoms with E-state index in [4.69, 9.17) is 0 Å². The molecule has 1 saturated heterocycles. The number of aromatic nitrogens is 1. The maximum absolute atomic E-state index is 13.1. The highest BCUT2D eigenvalue weighted by Gasteiger charge is 2.61. The van der Waals surface area contributed by atoms with Crippen molar-refractivity contribution in [3.8, 4) is 0 Å². The van der Waals surface area contributed by atoms with Crippen molar-refractivity contribution in [1.82, 2.24) is 9.88 Å². The summed E-state index contributed by atoms with van der Waals surface area (Å²) >= 11 is 0. The fraction of sp³-hybridized carbons (Fsp3) is 0.520. The Balaban J connectivity index is 1.12. The minimum atomic E-state index is -0.0984. The average molecular weight is 418 g/mol. The highest BCUT2D eigenvalue weighted by molar-refractivity contribution is 6.06. The second kappa shape index (κ2) is 7.14. The first-order valence-electron chi connectivity index (χ1n) is 11.6. The van der Waals surface area contributed by atoms with Crippen molar-refractivity contribution in [3.63, 3.8) is 0 Å². The van der Waals surface area contributed by atoms with Crippen LogP contribution in [0, 0.1) is 29.6 Å². The maximum atomic E-state index is 13.1. The lowest BCUT2D eigenvalue weighted by Crippen LogP contribution is -2.44. The van der Waals surface area contributed by atoms with Crippen LogP contribution >= 0.6 is 0 Å². The number of nitrogens with zero attached hydrogens (tertiary/aromatic N) is 2. The normalized spacial score (nSPS) is 34.4. The van der Waals surface area contributed by atoms with Gasteiger partial charge >= 0.3 is 0 Å². The lowest BCUT2D eigenvalue weighted by Gasteiger charge is -2.33. The fourth-order valence-electron chi connectivity index (χ4n) is 6.83. The zero-order valence-electron chi connectivity index (χ0n) is 17.5. The van der Waals surface area contributed by atoms with Crippen LogP contribution in [0.4, 0.5) is 5.69 Å². The summed E-state index contributed by atoms with van der Waals surface area (Å²) in [5.74, 6) is 0.816. The van der Waals surface area contributed by atoms with Gasteiger partial charge in [0.2, 0.25) is 17.7 Å². The summed E-state index contributed by atoms with van der Waals surface area (Å²) in [6.07, 6.45) is 7.85. The van der Waals surface area contributed by atoms with Gasteiger partial charge in [0.25, 0.3) is 0 Å². The summed E-state index contributed by atoms with van der Waals surface area (Å²) in [5.41, 5.74) is 1.53. The van der Waals surface area contributed by atoms with E-state index in [1.165, 1.54) is 0 Å². The third kappa shape index (κ3) is 2.91. The van der Waals surface area contributed by atoms with Crippen LogP contribution in [0.1, 0.15) is 44.9 Å². The summed E-state index contributed by atoms with van der Waals surface area (Å²) in [5, 5.41) is 4.05.